The molecule has 0 N–H and O–H groups in total. The van der Waals surface area contributed by atoms with Crippen molar-refractivity contribution < 1.29 is 8.42 Å². The third-order valence-electron chi connectivity index (χ3n) is 2.82. The second-order valence-corrected chi connectivity index (χ2v) is 7.18. The smallest absolute Gasteiger partial charge is 0.207 e. The zero-order valence-corrected chi connectivity index (χ0v) is 13.1. The van der Waals surface area contributed by atoms with Crippen molar-refractivity contribution in [3.63, 3.8) is 0 Å². The second kappa shape index (κ2) is 6.14. The average Bonchev–Trinajstić information content (AvgIpc) is 2.39. The van der Waals surface area contributed by atoms with Gasteiger partial charge in [0.15, 0.2) is 0 Å². The molecule has 0 aliphatic carbocycles. The Kier molecular flexibility index (Phi) is 4.70. The molecule has 0 bridgehead atoms. The summed E-state index contributed by atoms with van der Waals surface area (Å²) in [6, 6.07) is 13.5. The molecule has 0 aliphatic rings. The van der Waals surface area contributed by atoms with Crippen molar-refractivity contribution in [2.45, 2.75) is 11.4 Å². The molecule has 2 aromatic carbocycles. The third-order valence-corrected chi connectivity index (χ3v) is 5.36. The highest BCUT2D eigenvalue weighted by atomic mass is 35.5. The summed E-state index contributed by atoms with van der Waals surface area (Å²) in [5, 5.41) is 0.788. The fraction of sp³-hybridized carbons (Fsp3) is 0.143. The summed E-state index contributed by atoms with van der Waals surface area (Å²) >= 11 is 11.8. The number of halogens is 2. The third kappa shape index (κ3) is 3.33. The van der Waals surface area contributed by atoms with Crippen LogP contribution in [0.2, 0.25) is 10.0 Å². The summed E-state index contributed by atoms with van der Waals surface area (Å²) in [6.07, 6.45) is 0. The van der Waals surface area contributed by atoms with Crippen molar-refractivity contribution in [1.29, 1.82) is 0 Å². The van der Waals surface area contributed by atoms with E-state index in [2.05, 4.69) is 0 Å². The predicted molar refractivity (Wildman–Crippen MR) is 81.6 cm³/mol. The molecule has 20 heavy (non-hydrogen) atoms. The van der Waals surface area contributed by atoms with Gasteiger partial charge in [0.05, 0.1) is 5.02 Å². The maximum Gasteiger partial charge on any atom is 0.244 e. The van der Waals surface area contributed by atoms with Gasteiger partial charge in [0.25, 0.3) is 0 Å². The molecule has 0 amide bonds. The van der Waals surface area contributed by atoms with E-state index >= 15 is 0 Å². The minimum atomic E-state index is -3.62. The lowest BCUT2D eigenvalue weighted by Crippen LogP contribution is -2.26. The molecule has 0 spiro atoms. The van der Waals surface area contributed by atoms with Crippen molar-refractivity contribution in [3.8, 4) is 0 Å². The Hall–Kier alpha value is -1.07. The molecule has 0 unspecified atom stereocenters. The van der Waals surface area contributed by atoms with E-state index in [0.29, 0.717) is 5.02 Å². The van der Waals surface area contributed by atoms with Gasteiger partial charge in [-0.3, -0.25) is 0 Å². The molecule has 3 nitrogen and oxygen atoms in total. The molecule has 0 atom stereocenters. The first-order chi connectivity index (χ1) is 9.41. The van der Waals surface area contributed by atoms with Crippen LogP contribution in [-0.4, -0.2) is 19.8 Å². The van der Waals surface area contributed by atoms with E-state index in [0.717, 1.165) is 5.56 Å². The van der Waals surface area contributed by atoms with Crippen LogP contribution in [0.3, 0.4) is 0 Å². The maximum absolute atomic E-state index is 12.5. The van der Waals surface area contributed by atoms with Gasteiger partial charge in [0, 0.05) is 18.6 Å². The van der Waals surface area contributed by atoms with Gasteiger partial charge in [-0.2, -0.15) is 4.31 Å². The molecule has 0 fully saturated rings. The van der Waals surface area contributed by atoms with Gasteiger partial charge < -0.3 is 0 Å². The number of nitrogens with zero attached hydrogens (tertiary/aromatic N) is 1. The zero-order valence-electron chi connectivity index (χ0n) is 10.8. The van der Waals surface area contributed by atoms with Crippen LogP contribution < -0.4 is 0 Å². The second-order valence-electron chi connectivity index (χ2n) is 4.32. The highest BCUT2D eigenvalue weighted by molar-refractivity contribution is 7.89. The summed E-state index contributed by atoms with van der Waals surface area (Å²) in [5.74, 6) is 0. The summed E-state index contributed by atoms with van der Waals surface area (Å²) < 4.78 is 26.2. The van der Waals surface area contributed by atoms with Gasteiger partial charge in [-0.25, -0.2) is 8.42 Å². The number of hydrogen-bond donors (Lipinski definition) is 0. The number of benzene rings is 2. The molecule has 0 aliphatic heterocycles. The number of hydrogen-bond acceptors (Lipinski definition) is 2. The van der Waals surface area contributed by atoms with Crippen LogP contribution in [0.4, 0.5) is 0 Å². The standard InChI is InChI=1S/C14H13Cl2NO2S/c1-17(10-11-5-4-6-12(15)9-11)20(18,19)14-8-3-2-7-13(14)16/h2-9H,10H2,1H3. The van der Waals surface area contributed by atoms with Crippen LogP contribution in [0.1, 0.15) is 5.56 Å². The number of rotatable bonds is 4. The lowest BCUT2D eigenvalue weighted by Gasteiger charge is -2.18. The molecule has 0 saturated carbocycles. The lowest BCUT2D eigenvalue weighted by molar-refractivity contribution is 0.467. The predicted octanol–water partition coefficient (Wildman–Crippen LogP) is 3.81. The zero-order chi connectivity index (χ0) is 14.8. The molecule has 106 valence electrons. The minimum Gasteiger partial charge on any atom is -0.207 e. The first kappa shape index (κ1) is 15.3. The van der Waals surface area contributed by atoms with Gasteiger partial charge in [0.1, 0.15) is 4.90 Å². The molecular formula is C14H13Cl2NO2S. The Bertz CT molecular complexity index is 717. The Morgan fingerprint density at radius 1 is 1.05 bits per heavy atom. The van der Waals surface area contributed by atoms with Crippen molar-refractivity contribution in [3.05, 3.63) is 64.1 Å². The SMILES string of the molecule is CN(Cc1cccc(Cl)c1)S(=O)(=O)c1ccccc1Cl. The molecule has 2 aromatic rings. The summed E-state index contributed by atoms with van der Waals surface area (Å²) in [6.45, 7) is 0.230. The highest BCUT2D eigenvalue weighted by Crippen LogP contribution is 2.24. The Labute approximate surface area is 128 Å². The average molecular weight is 330 g/mol. The Morgan fingerprint density at radius 2 is 1.75 bits per heavy atom. The van der Waals surface area contributed by atoms with E-state index in [1.807, 2.05) is 6.07 Å². The molecule has 6 heteroatoms. The topological polar surface area (TPSA) is 37.4 Å². The lowest BCUT2D eigenvalue weighted by atomic mass is 10.2. The fourth-order valence-corrected chi connectivity index (χ4v) is 3.66. The van der Waals surface area contributed by atoms with E-state index in [1.165, 1.54) is 17.4 Å². The summed E-state index contributed by atoms with van der Waals surface area (Å²) in [4.78, 5) is 0.103. The van der Waals surface area contributed by atoms with Crippen LogP contribution in [0.5, 0.6) is 0 Å². The van der Waals surface area contributed by atoms with Crippen LogP contribution in [0.15, 0.2) is 53.4 Å². The van der Waals surface area contributed by atoms with Crippen molar-refractivity contribution >= 4 is 33.2 Å². The summed E-state index contributed by atoms with van der Waals surface area (Å²) in [7, 11) is -2.11. The fourth-order valence-electron chi connectivity index (χ4n) is 1.80. The van der Waals surface area contributed by atoms with Gasteiger partial charge in [-0.15, -0.1) is 0 Å². The van der Waals surface area contributed by atoms with E-state index in [9.17, 15) is 8.42 Å². The van der Waals surface area contributed by atoms with E-state index in [1.54, 1.807) is 36.4 Å². The maximum atomic E-state index is 12.5. The summed E-state index contributed by atoms with van der Waals surface area (Å²) in [5.41, 5.74) is 0.815. The molecule has 0 aromatic heterocycles. The van der Waals surface area contributed by atoms with Crippen molar-refractivity contribution in [2.75, 3.05) is 7.05 Å². The Balaban J connectivity index is 2.29. The molecular weight excluding hydrogens is 317 g/mol. The van der Waals surface area contributed by atoms with Gasteiger partial charge in [-0.05, 0) is 29.8 Å². The van der Waals surface area contributed by atoms with Crippen LogP contribution >= 0.6 is 23.2 Å². The van der Waals surface area contributed by atoms with Gasteiger partial charge >= 0.3 is 0 Å². The van der Waals surface area contributed by atoms with Crippen molar-refractivity contribution in [2.24, 2.45) is 0 Å². The molecule has 0 heterocycles. The van der Waals surface area contributed by atoms with Crippen molar-refractivity contribution in [1.82, 2.24) is 4.31 Å². The monoisotopic (exact) mass is 329 g/mol. The first-order valence-electron chi connectivity index (χ1n) is 5.86. The Morgan fingerprint density at radius 3 is 2.40 bits per heavy atom. The number of sulfonamides is 1. The van der Waals surface area contributed by atoms with Gasteiger partial charge in [0.2, 0.25) is 10.0 Å². The van der Waals surface area contributed by atoms with Crippen LogP contribution in [0.25, 0.3) is 0 Å². The highest BCUT2D eigenvalue weighted by Gasteiger charge is 2.23. The molecule has 0 radical (unpaired) electrons. The first-order valence-corrected chi connectivity index (χ1v) is 8.06. The minimum absolute atomic E-state index is 0.103. The molecule has 2 rings (SSSR count). The van der Waals surface area contributed by atoms with Gasteiger partial charge in [-0.1, -0.05) is 47.5 Å². The molecule has 0 saturated heterocycles. The quantitative estimate of drug-likeness (QED) is 0.855. The van der Waals surface area contributed by atoms with Crippen LogP contribution in [0, 0.1) is 0 Å². The normalized spacial score (nSPS) is 11.8. The van der Waals surface area contributed by atoms with E-state index in [4.69, 9.17) is 23.2 Å². The van der Waals surface area contributed by atoms with Crippen LogP contribution in [-0.2, 0) is 16.6 Å². The largest absolute Gasteiger partial charge is 0.244 e. The van der Waals surface area contributed by atoms with E-state index in [-0.39, 0.29) is 16.5 Å². The van der Waals surface area contributed by atoms with E-state index < -0.39 is 10.0 Å².